The van der Waals surface area contributed by atoms with E-state index in [0.717, 1.165) is 5.56 Å². The summed E-state index contributed by atoms with van der Waals surface area (Å²) in [4.78, 5) is 10.2. The third-order valence-electron chi connectivity index (χ3n) is 3.40. The number of anilines is 2. The fraction of sp³-hybridized carbons (Fsp3) is 0.0714. The summed E-state index contributed by atoms with van der Waals surface area (Å²) in [5.41, 5.74) is 3.03. The van der Waals surface area contributed by atoms with Crippen LogP contribution in [0.25, 0.3) is 0 Å². The van der Waals surface area contributed by atoms with Crippen LogP contribution in [-0.4, -0.2) is 22.2 Å². The predicted octanol–water partition coefficient (Wildman–Crippen LogP) is 1.62. The molecule has 0 fully saturated rings. The second kappa shape index (κ2) is 6.33. The molecule has 0 saturated heterocycles. The van der Waals surface area contributed by atoms with E-state index in [2.05, 4.69) is 10.6 Å². The molecule has 0 unspecified atom stereocenters. The van der Waals surface area contributed by atoms with E-state index >= 15 is 0 Å². The number of hydrogen-bond donors (Lipinski definition) is 3. The van der Waals surface area contributed by atoms with E-state index in [9.17, 15) is 15.1 Å². The van der Waals surface area contributed by atoms with Gasteiger partial charge in [0.25, 0.3) is 5.69 Å². The van der Waals surface area contributed by atoms with Gasteiger partial charge in [0.15, 0.2) is 5.11 Å². The Balaban J connectivity index is 1.65. The number of benzene rings is 2. The fourth-order valence-corrected chi connectivity index (χ4v) is 2.49. The van der Waals surface area contributed by atoms with Crippen LogP contribution in [0, 0.1) is 10.1 Å². The van der Waals surface area contributed by atoms with Crippen molar-refractivity contribution in [3.8, 4) is 0 Å². The Morgan fingerprint density at radius 2 is 1.87 bits per heavy atom. The van der Waals surface area contributed by atoms with Gasteiger partial charge in [0.05, 0.1) is 11.5 Å². The average Bonchev–Trinajstić information content (AvgIpc) is 2.89. The third-order valence-corrected chi connectivity index (χ3v) is 3.61. The number of nitrogens with one attached hydrogen (secondary N) is 2. The molecule has 2 aromatic rings. The van der Waals surface area contributed by atoms with E-state index in [4.69, 9.17) is 16.9 Å². The Bertz CT molecular complexity index is 769. The van der Waals surface area contributed by atoms with E-state index in [0.29, 0.717) is 28.6 Å². The van der Waals surface area contributed by atoms with E-state index in [1.54, 1.807) is 18.2 Å². The van der Waals surface area contributed by atoms with E-state index in [1.807, 2.05) is 12.1 Å². The van der Waals surface area contributed by atoms with Gasteiger partial charge in [0.1, 0.15) is 0 Å². The van der Waals surface area contributed by atoms with Gasteiger partial charge in [-0.15, -0.1) is 0 Å². The van der Waals surface area contributed by atoms with Gasteiger partial charge in [-0.2, -0.15) is 0 Å². The first-order valence-corrected chi connectivity index (χ1v) is 7.19. The Hall–Kier alpha value is -2.49. The highest BCUT2D eigenvalue weighted by Gasteiger charge is 2.27. The van der Waals surface area contributed by atoms with Gasteiger partial charge < -0.3 is 20.3 Å². The molecule has 116 valence electrons. The molecular formula is C14H12BN3O4S. The summed E-state index contributed by atoms with van der Waals surface area (Å²) < 4.78 is 5.13. The highest BCUT2D eigenvalue weighted by atomic mass is 32.1. The monoisotopic (exact) mass is 329 g/mol. The zero-order valence-electron chi connectivity index (χ0n) is 11.9. The summed E-state index contributed by atoms with van der Waals surface area (Å²) in [5, 5.41) is 26.6. The van der Waals surface area contributed by atoms with Crippen molar-refractivity contribution >= 4 is 47.0 Å². The summed E-state index contributed by atoms with van der Waals surface area (Å²) in [7, 11) is -0.914. The molecule has 7 nitrogen and oxygen atoms in total. The molecule has 3 N–H and O–H groups in total. The summed E-state index contributed by atoms with van der Waals surface area (Å²) in [6.07, 6.45) is 0. The van der Waals surface area contributed by atoms with Crippen molar-refractivity contribution in [3.05, 3.63) is 58.1 Å². The van der Waals surface area contributed by atoms with Crippen molar-refractivity contribution in [2.45, 2.75) is 6.61 Å². The molecule has 0 aromatic heterocycles. The quantitative estimate of drug-likeness (QED) is 0.341. The predicted molar refractivity (Wildman–Crippen MR) is 91.8 cm³/mol. The molecule has 0 radical (unpaired) electrons. The minimum Gasteiger partial charge on any atom is -0.423 e. The van der Waals surface area contributed by atoms with E-state index in [-0.39, 0.29) is 5.69 Å². The van der Waals surface area contributed by atoms with Crippen molar-refractivity contribution in [2.75, 3.05) is 10.6 Å². The zero-order chi connectivity index (χ0) is 16.4. The molecule has 0 amide bonds. The molecule has 1 aliphatic heterocycles. The van der Waals surface area contributed by atoms with Gasteiger partial charge in [-0.3, -0.25) is 10.1 Å². The molecular weight excluding hydrogens is 317 g/mol. The SMILES string of the molecule is O=[N+]([O-])c1ccc(NC(=S)Nc2ccc3c(c2)B(O)OC3)cc1. The molecule has 0 bridgehead atoms. The largest absolute Gasteiger partial charge is 0.491 e. The van der Waals surface area contributed by atoms with Crippen molar-refractivity contribution in [2.24, 2.45) is 0 Å². The number of nitro benzene ring substituents is 1. The first-order chi connectivity index (χ1) is 11.0. The lowest BCUT2D eigenvalue weighted by Gasteiger charge is -2.11. The standard InChI is InChI=1S/C14H12BN3O4S/c19-15-13-7-11(2-1-9(13)8-22-15)17-14(23)16-10-3-5-12(6-4-10)18(20)21/h1-7,19H,8H2,(H2,16,17,23). The first-order valence-electron chi connectivity index (χ1n) is 6.78. The maximum atomic E-state index is 10.6. The van der Waals surface area contributed by atoms with Gasteiger partial charge >= 0.3 is 7.12 Å². The molecule has 2 aromatic carbocycles. The van der Waals surface area contributed by atoms with Gasteiger partial charge in [-0.05, 0) is 47.5 Å². The van der Waals surface area contributed by atoms with Gasteiger partial charge in [0.2, 0.25) is 0 Å². The molecule has 1 aliphatic rings. The van der Waals surface area contributed by atoms with Crippen LogP contribution in [0.5, 0.6) is 0 Å². The highest BCUT2D eigenvalue weighted by Crippen LogP contribution is 2.17. The van der Waals surface area contributed by atoms with Gasteiger partial charge in [0, 0.05) is 23.5 Å². The molecule has 23 heavy (non-hydrogen) atoms. The van der Waals surface area contributed by atoms with Crippen LogP contribution in [-0.2, 0) is 11.3 Å². The fourth-order valence-electron chi connectivity index (χ4n) is 2.25. The van der Waals surface area contributed by atoms with Crippen LogP contribution in [0.3, 0.4) is 0 Å². The molecule has 1 heterocycles. The van der Waals surface area contributed by atoms with Crippen LogP contribution in [0.15, 0.2) is 42.5 Å². The number of hydrogen-bond acceptors (Lipinski definition) is 5. The summed E-state index contributed by atoms with van der Waals surface area (Å²) >= 11 is 5.21. The van der Waals surface area contributed by atoms with Crippen molar-refractivity contribution in [3.63, 3.8) is 0 Å². The normalized spacial score (nSPS) is 12.7. The van der Waals surface area contributed by atoms with Crippen molar-refractivity contribution < 1.29 is 14.6 Å². The summed E-state index contributed by atoms with van der Waals surface area (Å²) in [6, 6.07) is 11.4. The number of fused-ring (bicyclic) bond motifs is 1. The molecule has 0 saturated carbocycles. The molecule has 0 spiro atoms. The van der Waals surface area contributed by atoms with Gasteiger partial charge in [-0.1, -0.05) is 6.07 Å². The van der Waals surface area contributed by atoms with Crippen LogP contribution >= 0.6 is 12.2 Å². The smallest absolute Gasteiger partial charge is 0.423 e. The lowest BCUT2D eigenvalue weighted by atomic mass is 9.79. The summed E-state index contributed by atoms with van der Waals surface area (Å²) in [5.74, 6) is 0. The van der Waals surface area contributed by atoms with Crippen LogP contribution in [0.4, 0.5) is 17.1 Å². The lowest BCUT2D eigenvalue weighted by molar-refractivity contribution is -0.384. The molecule has 3 rings (SSSR count). The number of nitro groups is 1. The maximum absolute atomic E-state index is 10.6. The Kier molecular flexibility index (Phi) is 4.24. The lowest BCUT2D eigenvalue weighted by Crippen LogP contribution is -2.29. The van der Waals surface area contributed by atoms with E-state index in [1.165, 1.54) is 12.1 Å². The Labute approximate surface area is 137 Å². The zero-order valence-corrected chi connectivity index (χ0v) is 12.7. The first kappa shape index (κ1) is 15.4. The topological polar surface area (TPSA) is 96.7 Å². The van der Waals surface area contributed by atoms with E-state index < -0.39 is 12.0 Å². The number of rotatable bonds is 3. The minimum absolute atomic E-state index is 0.0158. The van der Waals surface area contributed by atoms with Crippen molar-refractivity contribution in [1.82, 2.24) is 0 Å². The second-order valence-electron chi connectivity index (χ2n) is 4.96. The Morgan fingerprint density at radius 3 is 2.57 bits per heavy atom. The van der Waals surface area contributed by atoms with Crippen LogP contribution in [0.2, 0.25) is 0 Å². The number of thiocarbonyl (C=S) groups is 1. The minimum atomic E-state index is -0.914. The average molecular weight is 329 g/mol. The van der Waals surface area contributed by atoms with Crippen LogP contribution < -0.4 is 16.1 Å². The highest BCUT2D eigenvalue weighted by molar-refractivity contribution is 7.80. The third kappa shape index (κ3) is 3.47. The van der Waals surface area contributed by atoms with Gasteiger partial charge in [-0.25, -0.2) is 0 Å². The Morgan fingerprint density at radius 1 is 1.22 bits per heavy atom. The molecule has 0 atom stereocenters. The molecule has 9 heteroatoms. The number of non-ortho nitro benzene ring substituents is 1. The summed E-state index contributed by atoms with van der Waals surface area (Å²) in [6.45, 7) is 0.391. The number of nitrogens with zero attached hydrogens (tertiary/aromatic N) is 1. The maximum Gasteiger partial charge on any atom is 0.491 e. The van der Waals surface area contributed by atoms with Crippen LogP contribution in [0.1, 0.15) is 5.56 Å². The second-order valence-corrected chi connectivity index (χ2v) is 5.37. The van der Waals surface area contributed by atoms with Crippen molar-refractivity contribution in [1.29, 1.82) is 0 Å². The molecule has 0 aliphatic carbocycles.